The largest absolute Gasteiger partial charge is 0.328 e. The van der Waals surface area contributed by atoms with E-state index >= 15 is 0 Å². The molecule has 2 aromatic carbocycles. The summed E-state index contributed by atoms with van der Waals surface area (Å²) in [6.45, 7) is 6.04. The quantitative estimate of drug-likeness (QED) is 0.561. The first-order chi connectivity index (χ1) is 13.7. The number of amides is 1. The number of aryl methyl sites for hydroxylation is 2. The highest BCUT2D eigenvalue weighted by atomic mass is 16.2. The molecule has 1 fully saturated rings. The molecule has 28 heavy (non-hydrogen) atoms. The standard InChI is InChI=1S/C24H29N3O/c1-3-5-8-18-11-13-20(14-12-18)27-17-19(16-23(27)28)24-25-21-9-6-7-10-22(21)26(24)15-4-2/h6-7,9-14,19H,3-5,8,15-17H2,1-2H3/t19-/m1/s1. The average Bonchev–Trinajstić information content (AvgIpc) is 3.28. The molecule has 4 nitrogen and oxygen atoms in total. The van der Waals surface area contributed by atoms with Gasteiger partial charge in [0.05, 0.1) is 11.0 Å². The van der Waals surface area contributed by atoms with Crippen LogP contribution in [0.25, 0.3) is 11.0 Å². The minimum Gasteiger partial charge on any atom is -0.328 e. The van der Waals surface area contributed by atoms with Crippen molar-refractivity contribution < 1.29 is 4.79 Å². The molecule has 1 amide bonds. The molecule has 0 saturated carbocycles. The van der Waals surface area contributed by atoms with Gasteiger partial charge in [0, 0.05) is 31.1 Å². The molecule has 0 bridgehead atoms. The van der Waals surface area contributed by atoms with Crippen LogP contribution < -0.4 is 4.90 Å². The zero-order chi connectivity index (χ0) is 19.5. The van der Waals surface area contributed by atoms with E-state index in [9.17, 15) is 4.79 Å². The molecule has 0 radical (unpaired) electrons. The van der Waals surface area contributed by atoms with Crippen LogP contribution in [0.2, 0.25) is 0 Å². The normalized spacial score (nSPS) is 17.0. The summed E-state index contributed by atoms with van der Waals surface area (Å²) < 4.78 is 2.31. The Morgan fingerprint density at radius 1 is 1.04 bits per heavy atom. The number of hydrogen-bond acceptors (Lipinski definition) is 2. The predicted molar refractivity (Wildman–Crippen MR) is 115 cm³/mol. The lowest BCUT2D eigenvalue weighted by Crippen LogP contribution is -2.24. The van der Waals surface area contributed by atoms with Gasteiger partial charge in [-0.15, -0.1) is 0 Å². The minimum absolute atomic E-state index is 0.145. The molecular formula is C24H29N3O. The maximum atomic E-state index is 12.8. The van der Waals surface area contributed by atoms with E-state index in [4.69, 9.17) is 4.98 Å². The number of fused-ring (bicyclic) bond motifs is 1. The van der Waals surface area contributed by atoms with Gasteiger partial charge in [-0.1, -0.05) is 44.5 Å². The summed E-state index contributed by atoms with van der Waals surface area (Å²) in [5.41, 5.74) is 4.55. The summed E-state index contributed by atoms with van der Waals surface area (Å²) in [5.74, 6) is 1.39. The van der Waals surface area contributed by atoms with Crippen molar-refractivity contribution in [3.05, 3.63) is 59.9 Å². The first-order valence-electron chi connectivity index (χ1n) is 10.6. The van der Waals surface area contributed by atoms with Crippen molar-refractivity contribution in [2.24, 2.45) is 0 Å². The summed E-state index contributed by atoms with van der Waals surface area (Å²) >= 11 is 0. The summed E-state index contributed by atoms with van der Waals surface area (Å²) in [6, 6.07) is 16.8. The first kappa shape index (κ1) is 18.7. The number of hydrogen-bond donors (Lipinski definition) is 0. The lowest BCUT2D eigenvalue weighted by atomic mass is 10.1. The molecule has 1 atom stereocenters. The molecule has 3 aromatic rings. The number of carbonyl (C=O) groups excluding carboxylic acids is 1. The van der Waals surface area contributed by atoms with Crippen molar-refractivity contribution in [1.29, 1.82) is 0 Å². The third-order valence-corrected chi connectivity index (χ3v) is 5.69. The Bertz CT molecular complexity index is 958. The highest BCUT2D eigenvalue weighted by Gasteiger charge is 2.34. The number of imidazole rings is 1. The van der Waals surface area contributed by atoms with Crippen molar-refractivity contribution in [3.63, 3.8) is 0 Å². The average molecular weight is 376 g/mol. The van der Waals surface area contributed by atoms with Crippen LogP contribution in [0, 0.1) is 0 Å². The molecule has 4 rings (SSSR count). The Morgan fingerprint density at radius 2 is 1.82 bits per heavy atom. The fraction of sp³-hybridized carbons (Fsp3) is 0.417. The van der Waals surface area contributed by atoms with Crippen LogP contribution >= 0.6 is 0 Å². The number of rotatable bonds is 7. The second kappa shape index (κ2) is 8.17. The molecule has 1 aromatic heterocycles. The van der Waals surface area contributed by atoms with Crippen LogP contribution in [-0.4, -0.2) is 22.0 Å². The highest BCUT2D eigenvalue weighted by molar-refractivity contribution is 5.96. The second-order valence-electron chi connectivity index (χ2n) is 7.79. The SMILES string of the molecule is CCCCc1ccc(N2C[C@H](c3nc4ccccc4n3CCC)CC2=O)cc1. The lowest BCUT2D eigenvalue weighted by Gasteiger charge is -2.18. The minimum atomic E-state index is 0.145. The highest BCUT2D eigenvalue weighted by Crippen LogP contribution is 2.33. The van der Waals surface area contributed by atoms with Gasteiger partial charge in [-0.2, -0.15) is 0 Å². The molecule has 1 aliphatic heterocycles. The smallest absolute Gasteiger partial charge is 0.227 e. The number of benzene rings is 2. The van der Waals surface area contributed by atoms with Crippen molar-refractivity contribution in [1.82, 2.24) is 9.55 Å². The van der Waals surface area contributed by atoms with Crippen molar-refractivity contribution in [3.8, 4) is 0 Å². The van der Waals surface area contributed by atoms with Crippen molar-refractivity contribution >= 4 is 22.6 Å². The molecule has 146 valence electrons. The summed E-state index contributed by atoms with van der Waals surface area (Å²) in [7, 11) is 0. The van der Waals surface area contributed by atoms with Crippen LogP contribution in [0.1, 0.15) is 56.8 Å². The summed E-state index contributed by atoms with van der Waals surface area (Å²) in [5, 5.41) is 0. The fourth-order valence-corrected chi connectivity index (χ4v) is 4.22. The van der Waals surface area contributed by atoms with E-state index in [1.54, 1.807) is 0 Å². The number of carbonyl (C=O) groups is 1. The molecule has 0 unspecified atom stereocenters. The van der Waals surface area contributed by atoms with Crippen molar-refractivity contribution in [2.45, 2.75) is 58.4 Å². The molecule has 0 N–H and O–H groups in total. The van der Waals surface area contributed by atoms with Crippen molar-refractivity contribution in [2.75, 3.05) is 11.4 Å². The number of para-hydroxylation sites is 2. The van der Waals surface area contributed by atoms with Gasteiger partial charge in [0.25, 0.3) is 0 Å². The Kier molecular flexibility index (Phi) is 5.47. The molecule has 1 saturated heterocycles. The molecular weight excluding hydrogens is 346 g/mol. The Morgan fingerprint density at radius 3 is 2.57 bits per heavy atom. The zero-order valence-corrected chi connectivity index (χ0v) is 16.9. The van der Waals surface area contributed by atoms with Crippen LogP contribution in [0.5, 0.6) is 0 Å². The number of aromatic nitrogens is 2. The third kappa shape index (κ3) is 3.56. The van der Waals surface area contributed by atoms with E-state index in [1.165, 1.54) is 23.9 Å². The Balaban J connectivity index is 1.58. The van der Waals surface area contributed by atoms with E-state index < -0.39 is 0 Å². The third-order valence-electron chi connectivity index (χ3n) is 5.69. The molecule has 0 spiro atoms. The Labute approximate surface area is 167 Å². The number of anilines is 1. The zero-order valence-electron chi connectivity index (χ0n) is 16.9. The van der Waals surface area contributed by atoms with Gasteiger partial charge < -0.3 is 9.47 Å². The second-order valence-corrected chi connectivity index (χ2v) is 7.79. The summed E-state index contributed by atoms with van der Waals surface area (Å²) in [4.78, 5) is 19.6. The lowest BCUT2D eigenvalue weighted by molar-refractivity contribution is -0.117. The predicted octanol–water partition coefficient (Wildman–Crippen LogP) is 5.31. The van der Waals surface area contributed by atoms with Crippen LogP contribution in [0.3, 0.4) is 0 Å². The molecule has 2 heterocycles. The molecule has 4 heteroatoms. The van der Waals surface area contributed by atoms with Gasteiger partial charge >= 0.3 is 0 Å². The van der Waals surface area contributed by atoms with E-state index in [2.05, 4.69) is 60.9 Å². The first-order valence-corrected chi connectivity index (χ1v) is 10.6. The molecule has 1 aliphatic rings. The van der Waals surface area contributed by atoms with Gasteiger partial charge in [0.1, 0.15) is 5.82 Å². The van der Waals surface area contributed by atoms with Gasteiger partial charge in [-0.05, 0) is 49.1 Å². The van der Waals surface area contributed by atoms with Crippen LogP contribution in [0.4, 0.5) is 5.69 Å². The fourth-order valence-electron chi connectivity index (χ4n) is 4.22. The van der Waals surface area contributed by atoms with E-state index in [0.29, 0.717) is 13.0 Å². The Hall–Kier alpha value is -2.62. The van der Waals surface area contributed by atoms with E-state index in [0.717, 1.165) is 36.4 Å². The maximum Gasteiger partial charge on any atom is 0.227 e. The topological polar surface area (TPSA) is 38.1 Å². The van der Waals surface area contributed by atoms with Gasteiger partial charge in [-0.25, -0.2) is 4.98 Å². The van der Waals surface area contributed by atoms with E-state index in [1.807, 2.05) is 11.0 Å². The maximum absolute atomic E-state index is 12.8. The van der Waals surface area contributed by atoms with E-state index in [-0.39, 0.29) is 11.8 Å². The van der Waals surface area contributed by atoms with Gasteiger partial charge in [-0.3, -0.25) is 4.79 Å². The number of nitrogens with zero attached hydrogens (tertiary/aromatic N) is 3. The monoisotopic (exact) mass is 375 g/mol. The van der Waals surface area contributed by atoms with Gasteiger partial charge in [0.15, 0.2) is 0 Å². The number of unbranched alkanes of at least 4 members (excludes halogenated alkanes) is 1. The summed E-state index contributed by atoms with van der Waals surface area (Å²) in [6.07, 6.45) is 5.10. The van der Waals surface area contributed by atoms with Crippen LogP contribution in [0.15, 0.2) is 48.5 Å². The van der Waals surface area contributed by atoms with Crippen LogP contribution in [-0.2, 0) is 17.8 Å². The van der Waals surface area contributed by atoms with Gasteiger partial charge in [0.2, 0.25) is 5.91 Å². The molecule has 0 aliphatic carbocycles.